The number of fused-ring (bicyclic) bond motifs is 1. The fourth-order valence-corrected chi connectivity index (χ4v) is 2.12. The third-order valence-electron chi connectivity index (χ3n) is 3.13. The van der Waals surface area contributed by atoms with Crippen LogP contribution in [0.2, 0.25) is 0 Å². The van der Waals surface area contributed by atoms with Crippen LogP contribution in [0.5, 0.6) is 0 Å². The van der Waals surface area contributed by atoms with Gasteiger partial charge in [-0.25, -0.2) is 0 Å². The van der Waals surface area contributed by atoms with Crippen LogP contribution in [-0.2, 0) is 16.0 Å². The van der Waals surface area contributed by atoms with Gasteiger partial charge in [0.15, 0.2) is 0 Å². The largest absolute Gasteiger partial charge is 0.383 e. The zero-order valence-electron chi connectivity index (χ0n) is 11.0. The molecular weight excluding hydrogens is 244 g/mol. The number of nitrogens with one attached hydrogen (secondary N) is 1. The molecule has 0 bridgehead atoms. The van der Waals surface area contributed by atoms with E-state index in [4.69, 9.17) is 4.74 Å². The van der Waals surface area contributed by atoms with Gasteiger partial charge in [0.25, 0.3) is 5.91 Å². The highest BCUT2D eigenvalue weighted by molar-refractivity contribution is 6.09. The van der Waals surface area contributed by atoms with Crippen molar-refractivity contribution in [3.8, 4) is 0 Å². The molecule has 0 aliphatic carbocycles. The van der Waals surface area contributed by atoms with E-state index in [1.807, 2.05) is 18.2 Å². The van der Waals surface area contributed by atoms with Crippen molar-refractivity contribution in [1.82, 2.24) is 10.2 Å². The molecule has 0 fully saturated rings. The lowest BCUT2D eigenvalue weighted by atomic mass is 9.98. The molecule has 1 aliphatic heterocycles. The SMILES string of the molecule is COCCNCCN1C(=O)Cc2ccccc2C1=O. The van der Waals surface area contributed by atoms with E-state index in [0.717, 1.165) is 5.56 Å². The Balaban J connectivity index is 1.95. The second-order valence-corrected chi connectivity index (χ2v) is 4.43. The first-order valence-corrected chi connectivity index (χ1v) is 6.36. The Labute approximate surface area is 112 Å². The molecule has 2 amide bonds. The molecule has 0 saturated carbocycles. The van der Waals surface area contributed by atoms with E-state index < -0.39 is 0 Å². The van der Waals surface area contributed by atoms with Crippen LogP contribution in [0.15, 0.2) is 24.3 Å². The van der Waals surface area contributed by atoms with E-state index in [2.05, 4.69) is 5.32 Å². The van der Waals surface area contributed by atoms with Gasteiger partial charge in [-0.05, 0) is 11.6 Å². The van der Waals surface area contributed by atoms with Crippen LogP contribution in [0.25, 0.3) is 0 Å². The smallest absolute Gasteiger partial charge is 0.260 e. The van der Waals surface area contributed by atoms with Gasteiger partial charge in [0.1, 0.15) is 0 Å². The number of carbonyl (C=O) groups excluding carboxylic acids is 2. The number of carbonyl (C=O) groups is 2. The van der Waals surface area contributed by atoms with Gasteiger partial charge in [0, 0.05) is 32.3 Å². The predicted molar refractivity (Wildman–Crippen MR) is 70.9 cm³/mol. The molecule has 5 heteroatoms. The van der Waals surface area contributed by atoms with E-state index in [-0.39, 0.29) is 11.8 Å². The van der Waals surface area contributed by atoms with Gasteiger partial charge in [0.2, 0.25) is 5.91 Å². The van der Waals surface area contributed by atoms with Crippen molar-refractivity contribution in [2.45, 2.75) is 6.42 Å². The van der Waals surface area contributed by atoms with Gasteiger partial charge >= 0.3 is 0 Å². The lowest BCUT2D eigenvalue weighted by Gasteiger charge is -2.26. The zero-order chi connectivity index (χ0) is 13.7. The molecule has 5 nitrogen and oxygen atoms in total. The van der Waals surface area contributed by atoms with Crippen LogP contribution in [0.1, 0.15) is 15.9 Å². The third-order valence-corrected chi connectivity index (χ3v) is 3.13. The minimum atomic E-state index is -0.194. The van der Waals surface area contributed by atoms with Crippen molar-refractivity contribution in [2.24, 2.45) is 0 Å². The van der Waals surface area contributed by atoms with E-state index >= 15 is 0 Å². The lowest BCUT2D eigenvalue weighted by molar-refractivity contribution is -0.128. The van der Waals surface area contributed by atoms with Crippen molar-refractivity contribution in [3.05, 3.63) is 35.4 Å². The van der Waals surface area contributed by atoms with Crippen molar-refractivity contribution >= 4 is 11.8 Å². The summed E-state index contributed by atoms with van der Waals surface area (Å²) >= 11 is 0. The van der Waals surface area contributed by atoms with Crippen molar-refractivity contribution in [1.29, 1.82) is 0 Å². The number of amides is 2. The predicted octanol–water partition coefficient (Wildman–Crippen LogP) is 0.448. The van der Waals surface area contributed by atoms with Crippen LogP contribution >= 0.6 is 0 Å². The molecule has 0 aromatic heterocycles. The summed E-state index contributed by atoms with van der Waals surface area (Å²) in [4.78, 5) is 25.5. The molecule has 1 aromatic carbocycles. The van der Waals surface area contributed by atoms with Gasteiger partial charge in [-0.1, -0.05) is 18.2 Å². The Hall–Kier alpha value is -1.72. The summed E-state index contributed by atoms with van der Waals surface area (Å²) in [5, 5.41) is 3.13. The number of imide groups is 1. The van der Waals surface area contributed by atoms with Crippen molar-refractivity contribution in [3.63, 3.8) is 0 Å². The Morgan fingerprint density at radius 3 is 2.84 bits per heavy atom. The first kappa shape index (κ1) is 13.7. The summed E-state index contributed by atoms with van der Waals surface area (Å²) in [5.41, 5.74) is 1.46. The highest BCUT2D eigenvalue weighted by atomic mass is 16.5. The van der Waals surface area contributed by atoms with E-state index in [9.17, 15) is 9.59 Å². The molecule has 1 aliphatic rings. The number of hydrogen-bond donors (Lipinski definition) is 1. The molecule has 0 radical (unpaired) electrons. The molecule has 19 heavy (non-hydrogen) atoms. The quantitative estimate of drug-likeness (QED) is 0.597. The first-order valence-electron chi connectivity index (χ1n) is 6.36. The molecule has 0 atom stereocenters. The number of nitrogens with zero attached hydrogens (tertiary/aromatic N) is 1. The highest BCUT2D eigenvalue weighted by Crippen LogP contribution is 2.18. The standard InChI is InChI=1S/C14H18N2O3/c1-19-9-7-15-6-8-16-13(17)10-11-4-2-3-5-12(11)14(16)18/h2-5,15H,6-10H2,1H3. The molecular formula is C14H18N2O3. The van der Waals surface area contributed by atoms with Gasteiger partial charge in [-0.15, -0.1) is 0 Å². The molecule has 0 saturated heterocycles. The van der Waals surface area contributed by atoms with Crippen LogP contribution in [0.4, 0.5) is 0 Å². The van der Waals surface area contributed by atoms with Crippen molar-refractivity contribution < 1.29 is 14.3 Å². The van der Waals surface area contributed by atoms with E-state index in [1.165, 1.54) is 4.90 Å². The van der Waals surface area contributed by atoms with E-state index in [1.54, 1.807) is 13.2 Å². The van der Waals surface area contributed by atoms with Gasteiger partial charge in [0.05, 0.1) is 13.0 Å². The van der Waals surface area contributed by atoms with Gasteiger partial charge in [-0.3, -0.25) is 14.5 Å². The second kappa shape index (κ2) is 6.45. The minimum Gasteiger partial charge on any atom is -0.383 e. The number of rotatable bonds is 6. The normalized spacial score (nSPS) is 14.7. The van der Waals surface area contributed by atoms with Crippen LogP contribution in [0, 0.1) is 0 Å². The van der Waals surface area contributed by atoms with Gasteiger partial charge < -0.3 is 10.1 Å². The van der Waals surface area contributed by atoms with E-state index in [0.29, 0.717) is 38.2 Å². The number of methoxy groups -OCH3 is 1. The maximum atomic E-state index is 12.2. The maximum Gasteiger partial charge on any atom is 0.260 e. The highest BCUT2D eigenvalue weighted by Gasteiger charge is 2.29. The molecule has 2 rings (SSSR count). The molecule has 102 valence electrons. The topological polar surface area (TPSA) is 58.6 Å². The Bertz CT molecular complexity index is 474. The summed E-state index contributed by atoms with van der Waals surface area (Å²) in [6, 6.07) is 7.28. The fraction of sp³-hybridized carbons (Fsp3) is 0.429. The third kappa shape index (κ3) is 3.19. The Morgan fingerprint density at radius 1 is 1.26 bits per heavy atom. The fourth-order valence-electron chi connectivity index (χ4n) is 2.12. The molecule has 0 unspecified atom stereocenters. The summed E-state index contributed by atoms with van der Waals surface area (Å²) < 4.78 is 4.91. The number of benzene rings is 1. The van der Waals surface area contributed by atoms with Crippen LogP contribution in [0.3, 0.4) is 0 Å². The summed E-state index contributed by atoms with van der Waals surface area (Å²) in [5.74, 6) is -0.322. The average Bonchev–Trinajstić information content (AvgIpc) is 2.42. The van der Waals surface area contributed by atoms with Crippen LogP contribution in [-0.4, -0.2) is 50.1 Å². The average molecular weight is 262 g/mol. The summed E-state index contributed by atoms with van der Waals surface area (Å²) in [7, 11) is 1.64. The first-order chi connectivity index (χ1) is 9.24. The molecule has 1 aromatic rings. The monoisotopic (exact) mass is 262 g/mol. The van der Waals surface area contributed by atoms with Gasteiger partial charge in [-0.2, -0.15) is 0 Å². The Morgan fingerprint density at radius 2 is 2.05 bits per heavy atom. The zero-order valence-corrected chi connectivity index (χ0v) is 11.0. The summed E-state index contributed by atoms with van der Waals surface area (Å²) in [6.45, 7) is 2.31. The second-order valence-electron chi connectivity index (χ2n) is 4.43. The summed E-state index contributed by atoms with van der Waals surface area (Å²) in [6.07, 6.45) is 0.306. The lowest BCUT2D eigenvalue weighted by Crippen LogP contribution is -2.45. The maximum absolute atomic E-state index is 12.2. The van der Waals surface area contributed by atoms with Crippen LogP contribution < -0.4 is 5.32 Å². The Kier molecular flexibility index (Phi) is 4.65. The molecule has 1 heterocycles. The molecule has 1 N–H and O–H groups in total. The number of ether oxygens (including phenoxy) is 1. The number of hydrogen-bond acceptors (Lipinski definition) is 4. The molecule has 0 spiro atoms. The van der Waals surface area contributed by atoms with Crippen molar-refractivity contribution in [2.75, 3.05) is 33.4 Å². The minimum absolute atomic E-state index is 0.128.